The van der Waals surface area contributed by atoms with Crippen molar-refractivity contribution in [1.82, 2.24) is 0 Å². The molecular weight excluding hydrogens is 164 g/mol. The largest absolute Gasteiger partial charge is 0.129 e. The maximum absolute atomic E-state index is 2.24. The number of thioether (sulfide) groups is 1. The molecule has 0 N–H and O–H groups in total. The highest BCUT2D eigenvalue weighted by molar-refractivity contribution is 8.01. The molecule has 0 saturated carbocycles. The van der Waals surface area contributed by atoms with E-state index in [1.165, 1.54) is 16.7 Å². The van der Waals surface area contributed by atoms with Crippen LogP contribution in [0.3, 0.4) is 0 Å². The average molecular weight is 176 g/mol. The summed E-state index contributed by atoms with van der Waals surface area (Å²) >= 11 is 1.88. The zero-order valence-electron chi connectivity index (χ0n) is 7.21. The number of rotatable bonds is 1. The normalized spacial score (nSPS) is 14.4. The fourth-order valence-corrected chi connectivity index (χ4v) is 2.33. The Bertz CT molecular complexity index is 313. The highest BCUT2D eigenvalue weighted by Gasteiger charge is 2.06. The maximum Gasteiger partial charge on any atom is 0.0232 e. The van der Waals surface area contributed by atoms with Crippen LogP contribution in [0.4, 0.5) is 0 Å². The van der Waals surface area contributed by atoms with Crippen LogP contribution in [-0.2, 0) is 12.2 Å². The standard InChI is InChI=1S/C11H12S/c1-2-9-4-3-5-10-8-12-7-6-11(9)10/h3-7H,2,8H2,1H3. The van der Waals surface area contributed by atoms with Crippen molar-refractivity contribution in [3.63, 3.8) is 0 Å². The molecule has 1 aliphatic heterocycles. The molecule has 12 heavy (non-hydrogen) atoms. The summed E-state index contributed by atoms with van der Waals surface area (Å²) in [4.78, 5) is 0. The SMILES string of the molecule is CCc1cccc2c1C=CSC2. The molecule has 0 nitrogen and oxygen atoms in total. The third kappa shape index (κ3) is 1.29. The van der Waals surface area contributed by atoms with E-state index in [0.717, 1.165) is 12.2 Å². The second kappa shape index (κ2) is 3.36. The van der Waals surface area contributed by atoms with Gasteiger partial charge in [-0.05, 0) is 34.6 Å². The van der Waals surface area contributed by atoms with Gasteiger partial charge in [-0.15, -0.1) is 11.8 Å². The topological polar surface area (TPSA) is 0 Å². The first-order valence-electron chi connectivity index (χ1n) is 4.30. The van der Waals surface area contributed by atoms with Gasteiger partial charge in [-0.2, -0.15) is 0 Å². The number of hydrogen-bond acceptors (Lipinski definition) is 1. The van der Waals surface area contributed by atoms with E-state index in [-0.39, 0.29) is 0 Å². The second-order valence-corrected chi connectivity index (χ2v) is 3.85. The first kappa shape index (κ1) is 7.93. The zero-order chi connectivity index (χ0) is 8.39. The molecule has 0 spiro atoms. The summed E-state index contributed by atoms with van der Waals surface area (Å²) in [6.45, 7) is 2.21. The van der Waals surface area contributed by atoms with E-state index >= 15 is 0 Å². The average Bonchev–Trinajstić information content (AvgIpc) is 2.17. The third-order valence-electron chi connectivity index (χ3n) is 2.24. The van der Waals surface area contributed by atoms with Crippen LogP contribution in [-0.4, -0.2) is 0 Å². The smallest absolute Gasteiger partial charge is 0.0232 e. The molecule has 0 aliphatic carbocycles. The molecule has 0 fully saturated rings. The molecule has 2 rings (SSSR count). The van der Waals surface area contributed by atoms with Gasteiger partial charge in [-0.3, -0.25) is 0 Å². The summed E-state index contributed by atoms with van der Waals surface area (Å²) in [5, 5.41) is 2.20. The van der Waals surface area contributed by atoms with Gasteiger partial charge in [0.15, 0.2) is 0 Å². The van der Waals surface area contributed by atoms with E-state index in [1.807, 2.05) is 11.8 Å². The van der Waals surface area contributed by atoms with Crippen LogP contribution >= 0.6 is 11.8 Å². The van der Waals surface area contributed by atoms with Gasteiger partial charge >= 0.3 is 0 Å². The van der Waals surface area contributed by atoms with Crippen LogP contribution in [0.15, 0.2) is 23.6 Å². The van der Waals surface area contributed by atoms with Crippen LogP contribution in [0.1, 0.15) is 23.6 Å². The van der Waals surface area contributed by atoms with Gasteiger partial charge in [-0.1, -0.05) is 25.1 Å². The van der Waals surface area contributed by atoms with Crippen molar-refractivity contribution >= 4 is 17.8 Å². The van der Waals surface area contributed by atoms with Gasteiger partial charge in [0.25, 0.3) is 0 Å². The Kier molecular flexibility index (Phi) is 2.22. The van der Waals surface area contributed by atoms with Gasteiger partial charge in [0.05, 0.1) is 0 Å². The number of benzene rings is 1. The first-order chi connectivity index (χ1) is 5.92. The molecule has 1 aromatic carbocycles. The highest BCUT2D eigenvalue weighted by Crippen LogP contribution is 2.27. The van der Waals surface area contributed by atoms with Crippen molar-refractivity contribution in [1.29, 1.82) is 0 Å². The lowest BCUT2D eigenvalue weighted by Crippen LogP contribution is -1.94. The molecule has 1 heteroatoms. The van der Waals surface area contributed by atoms with E-state index in [4.69, 9.17) is 0 Å². The highest BCUT2D eigenvalue weighted by atomic mass is 32.2. The fourth-order valence-electron chi connectivity index (χ4n) is 1.57. The van der Waals surface area contributed by atoms with Crippen molar-refractivity contribution in [2.75, 3.05) is 0 Å². The first-order valence-corrected chi connectivity index (χ1v) is 5.35. The quantitative estimate of drug-likeness (QED) is 0.631. The molecule has 0 bridgehead atoms. The summed E-state index contributed by atoms with van der Waals surface area (Å²) in [5.41, 5.74) is 4.42. The molecule has 1 aromatic rings. The summed E-state index contributed by atoms with van der Waals surface area (Å²) in [6, 6.07) is 6.61. The fraction of sp³-hybridized carbons (Fsp3) is 0.273. The second-order valence-electron chi connectivity index (χ2n) is 2.96. The van der Waals surface area contributed by atoms with E-state index in [2.05, 4.69) is 36.6 Å². The predicted octanol–water partition coefficient (Wildman–Crippen LogP) is 3.47. The van der Waals surface area contributed by atoms with Crippen LogP contribution in [0, 0.1) is 0 Å². The molecule has 0 atom stereocenters. The zero-order valence-corrected chi connectivity index (χ0v) is 8.03. The molecule has 0 radical (unpaired) electrons. The number of aryl methyl sites for hydroxylation is 1. The minimum Gasteiger partial charge on any atom is -0.129 e. The Balaban J connectivity index is 2.54. The van der Waals surface area contributed by atoms with Gasteiger partial charge in [0.2, 0.25) is 0 Å². The Morgan fingerprint density at radius 2 is 2.33 bits per heavy atom. The molecule has 0 saturated heterocycles. The number of fused-ring (bicyclic) bond motifs is 1. The minimum atomic E-state index is 1.14. The third-order valence-corrected chi connectivity index (χ3v) is 3.04. The lowest BCUT2D eigenvalue weighted by molar-refractivity contribution is 1.12. The Morgan fingerprint density at radius 1 is 1.42 bits per heavy atom. The van der Waals surface area contributed by atoms with Gasteiger partial charge < -0.3 is 0 Å². The summed E-state index contributed by atoms with van der Waals surface area (Å²) in [7, 11) is 0. The van der Waals surface area contributed by atoms with Gasteiger partial charge in [0.1, 0.15) is 0 Å². The Hall–Kier alpha value is -0.690. The van der Waals surface area contributed by atoms with Crippen molar-refractivity contribution in [2.45, 2.75) is 19.1 Å². The van der Waals surface area contributed by atoms with Crippen LogP contribution in [0.2, 0.25) is 0 Å². The van der Waals surface area contributed by atoms with Crippen molar-refractivity contribution in [2.24, 2.45) is 0 Å². The lowest BCUT2D eigenvalue weighted by Gasteiger charge is -2.12. The van der Waals surface area contributed by atoms with Crippen LogP contribution in [0.5, 0.6) is 0 Å². The summed E-state index contributed by atoms with van der Waals surface area (Å²) in [5.74, 6) is 1.14. The predicted molar refractivity (Wildman–Crippen MR) is 56.1 cm³/mol. The molecule has 0 unspecified atom stereocenters. The Morgan fingerprint density at radius 3 is 3.17 bits per heavy atom. The van der Waals surface area contributed by atoms with Crippen molar-refractivity contribution in [3.8, 4) is 0 Å². The van der Waals surface area contributed by atoms with Crippen LogP contribution < -0.4 is 0 Å². The van der Waals surface area contributed by atoms with E-state index in [1.54, 1.807) is 0 Å². The molecule has 1 heterocycles. The minimum absolute atomic E-state index is 1.14. The molecule has 0 aromatic heterocycles. The van der Waals surface area contributed by atoms with Crippen molar-refractivity contribution in [3.05, 3.63) is 40.3 Å². The molecule has 1 aliphatic rings. The van der Waals surface area contributed by atoms with Crippen LogP contribution in [0.25, 0.3) is 6.08 Å². The molecule has 62 valence electrons. The molecular formula is C11H12S. The monoisotopic (exact) mass is 176 g/mol. The van der Waals surface area contributed by atoms with Crippen molar-refractivity contribution < 1.29 is 0 Å². The number of hydrogen-bond donors (Lipinski definition) is 0. The molecule has 0 amide bonds. The lowest BCUT2D eigenvalue weighted by atomic mass is 10.0. The van der Waals surface area contributed by atoms with E-state index in [9.17, 15) is 0 Å². The van der Waals surface area contributed by atoms with E-state index in [0.29, 0.717) is 0 Å². The van der Waals surface area contributed by atoms with Gasteiger partial charge in [0, 0.05) is 5.75 Å². The summed E-state index contributed by atoms with van der Waals surface area (Å²) in [6.07, 6.45) is 3.38. The summed E-state index contributed by atoms with van der Waals surface area (Å²) < 4.78 is 0. The Labute approximate surface area is 77.7 Å². The van der Waals surface area contributed by atoms with Gasteiger partial charge in [-0.25, -0.2) is 0 Å². The maximum atomic E-state index is 2.24. The van der Waals surface area contributed by atoms with E-state index < -0.39 is 0 Å².